The second kappa shape index (κ2) is 13.5. The molecule has 1 unspecified atom stereocenters. The van der Waals surface area contributed by atoms with Crippen molar-refractivity contribution in [1.82, 2.24) is 4.90 Å². The van der Waals surface area contributed by atoms with E-state index in [4.69, 9.17) is 9.47 Å². The Hall–Kier alpha value is -4.01. The van der Waals surface area contributed by atoms with E-state index in [2.05, 4.69) is 18.6 Å². The van der Waals surface area contributed by atoms with Crippen LogP contribution in [-0.4, -0.2) is 41.8 Å². The standard InChI is InChI=1S/C34H38F3NO5/c1-23(2)26-14-10-25(11-15-26)22-41-32(40)33(3,4)42-30-9-5-7-27(20-30)28-8-6-18-38(21-28)31(39)19-24-12-16-29(17-13-24)43-34(35,36)37/h5,7,9-17,20,23,28H,6,8,18-19,21-22H2,1-4H3. The summed E-state index contributed by atoms with van der Waals surface area (Å²) in [4.78, 5) is 27.7. The van der Waals surface area contributed by atoms with E-state index in [0.717, 1.165) is 24.0 Å². The number of ether oxygens (including phenoxy) is 3. The third-order valence-electron chi connectivity index (χ3n) is 7.50. The number of rotatable bonds is 10. The van der Waals surface area contributed by atoms with E-state index >= 15 is 0 Å². The number of nitrogens with zero attached hydrogens (tertiary/aromatic N) is 1. The molecule has 1 atom stereocenters. The van der Waals surface area contributed by atoms with Gasteiger partial charge in [0.25, 0.3) is 0 Å². The first-order valence-corrected chi connectivity index (χ1v) is 14.5. The molecule has 0 spiro atoms. The van der Waals surface area contributed by atoms with Crippen molar-refractivity contribution >= 4 is 11.9 Å². The largest absolute Gasteiger partial charge is 0.573 e. The van der Waals surface area contributed by atoms with Crippen molar-refractivity contribution in [2.45, 2.75) is 77.4 Å². The summed E-state index contributed by atoms with van der Waals surface area (Å²) < 4.78 is 52.8. The van der Waals surface area contributed by atoms with Gasteiger partial charge in [0.15, 0.2) is 5.60 Å². The van der Waals surface area contributed by atoms with Crippen LogP contribution in [0.1, 0.15) is 74.6 Å². The molecule has 1 saturated heterocycles. The van der Waals surface area contributed by atoms with Crippen molar-refractivity contribution in [1.29, 1.82) is 0 Å². The van der Waals surface area contributed by atoms with Crippen LogP contribution in [0.15, 0.2) is 72.8 Å². The summed E-state index contributed by atoms with van der Waals surface area (Å²) in [6.45, 7) is 8.87. The molecule has 0 aliphatic carbocycles. The van der Waals surface area contributed by atoms with Gasteiger partial charge in [-0.2, -0.15) is 0 Å². The fraction of sp³-hybridized carbons (Fsp3) is 0.412. The molecule has 9 heteroatoms. The van der Waals surface area contributed by atoms with Gasteiger partial charge in [0.1, 0.15) is 18.1 Å². The Balaban J connectivity index is 1.32. The fourth-order valence-electron chi connectivity index (χ4n) is 5.06. The van der Waals surface area contributed by atoms with Crippen molar-refractivity contribution in [3.8, 4) is 11.5 Å². The van der Waals surface area contributed by atoms with Crippen molar-refractivity contribution in [3.05, 3.63) is 95.1 Å². The van der Waals surface area contributed by atoms with Gasteiger partial charge in [-0.1, -0.05) is 62.4 Å². The van der Waals surface area contributed by atoms with Crippen LogP contribution in [0.2, 0.25) is 0 Å². The quantitative estimate of drug-likeness (QED) is 0.226. The number of esters is 1. The predicted octanol–water partition coefficient (Wildman–Crippen LogP) is 7.56. The van der Waals surface area contributed by atoms with Gasteiger partial charge in [0.05, 0.1) is 6.42 Å². The first-order chi connectivity index (χ1) is 20.3. The van der Waals surface area contributed by atoms with Crippen LogP contribution < -0.4 is 9.47 Å². The lowest BCUT2D eigenvalue weighted by Gasteiger charge is -2.33. The van der Waals surface area contributed by atoms with Crippen LogP contribution >= 0.6 is 0 Å². The molecule has 0 saturated carbocycles. The highest BCUT2D eigenvalue weighted by Crippen LogP contribution is 2.31. The van der Waals surface area contributed by atoms with E-state index in [1.54, 1.807) is 24.8 Å². The first-order valence-electron chi connectivity index (χ1n) is 14.5. The molecule has 4 rings (SSSR count). The number of hydrogen-bond donors (Lipinski definition) is 0. The lowest BCUT2D eigenvalue weighted by molar-refractivity contribution is -0.274. The van der Waals surface area contributed by atoms with Gasteiger partial charge in [-0.3, -0.25) is 4.79 Å². The molecule has 1 aliphatic rings. The summed E-state index contributed by atoms with van der Waals surface area (Å²) >= 11 is 0. The Morgan fingerprint density at radius 2 is 1.58 bits per heavy atom. The summed E-state index contributed by atoms with van der Waals surface area (Å²) in [6, 6.07) is 20.9. The van der Waals surface area contributed by atoms with E-state index in [1.807, 2.05) is 42.5 Å². The van der Waals surface area contributed by atoms with Gasteiger partial charge in [0.2, 0.25) is 5.91 Å². The van der Waals surface area contributed by atoms with Crippen molar-refractivity contribution in [2.24, 2.45) is 0 Å². The van der Waals surface area contributed by atoms with Crippen molar-refractivity contribution in [3.63, 3.8) is 0 Å². The fourth-order valence-corrected chi connectivity index (χ4v) is 5.06. The van der Waals surface area contributed by atoms with E-state index in [9.17, 15) is 22.8 Å². The van der Waals surface area contributed by atoms with Crippen LogP contribution in [0.4, 0.5) is 13.2 Å². The van der Waals surface area contributed by atoms with Crippen LogP contribution in [0.5, 0.6) is 11.5 Å². The van der Waals surface area contributed by atoms with Gasteiger partial charge in [-0.15, -0.1) is 13.2 Å². The molecule has 3 aromatic carbocycles. The molecule has 0 radical (unpaired) electrons. The maximum atomic E-state index is 13.0. The number of carbonyl (C=O) groups is 2. The van der Waals surface area contributed by atoms with E-state index in [1.165, 1.54) is 29.8 Å². The monoisotopic (exact) mass is 597 g/mol. The molecule has 1 fully saturated rings. The maximum absolute atomic E-state index is 13.0. The van der Waals surface area contributed by atoms with Crippen LogP contribution in [0, 0.1) is 0 Å². The Morgan fingerprint density at radius 1 is 0.907 bits per heavy atom. The SMILES string of the molecule is CC(C)c1ccc(COC(=O)C(C)(C)Oc2cccc(C3CCCN(C(=O)Cc4ccc(OC(F)(F)F)cc4)C3)c2)cc1. The minimum Gasteiger partial charge on any atom is -0.476 e. The van der Waals surface area contributed by atoms with Gasteiger partial charge in [0, 0.05) is 19.0 Å². The third-order valence-corrected chi connectivity index (χ3v) is 7.50. The number of carbonyl (C=O) groups excluding carboxylic acids is 2. The lowest BCUT2D eigenvalue weighted by atomic mass is 9.90. The minimum absolute atomic E-state index is 0.0766. The molecule has 0 N–H and O–H groups in total. The van der Waals surface area contributed by atoms with Crippen molar-refractivity contribution < 1.29 is 37.0 Å². The average Bonchev–Trinajstić information content (AvgIpc) is 2.96. The zero-order valence-electron chi connectivity index (χ0n) is 24.9. The Morgan fingerprint density at radius 3 is 2.23 bits per heavy atom. The number of likely N-dealkylation sites (tertiary alicyclic amines) is 1. The molecule has 0 aromatic heterocycles. The van der Waals surface area contributed by atoms with Crippen LogP contribution in [0.25, 0.3) is 0 Å². The maximum Gasteiger partial charge on any atom is 0.573 e. The van der Waals surface area contributed by atoms with Crippen LogP contribution in [-0.2, 0) is 27.4 Å². The number of piperidine rings is 1. The second-order valence-corrected chi connectivity index (χ2v) is 11.7. The minimum atomic E-state index is -4.76. The predicted molar refractivity (Wildman–Crippen MR) is 157 cm³/mol. The molecule has 3 aromatic rings. The molecular weight excluding hydrogens is 559 g/mol. The molecule has 1 amide bonds. The van der Waals surface area contributed by atoms with Crippen LogP contribution in [0.3, 0.4) is 0 Å². The van der Waals surface area contributed by atoms with E-state index in [-0.39, 0.29) is 30.6 Å². The smallest absolute Gasteiger partial charge is 0.476 e. The summed E-state index contributed by atoms with van der Waals surface area (Å²) in [7, 11) is 0. The van der Waals surface area contributed by atoms with Gasteiger partial charge in [-0.05, 0) is 79.1 Å². The Bertz CT molecular complexity index is 1380. The summed E-state index contributed by atoms with van der Waals surface area (Å²) in [5.41, 5.74) is 2.51. The molecule has 0 bridgehead atoms. The highest BCUT2D eigenvalue weighted by atomic mass is 19.4. The number of benzene rings is 3. The summed E-state index contributed by atoms with van der Waals surface area (Å²) in [5, 5.41) is 0. The van der Waals surface area contributed by atoms with Gasteiger partial charge in [-0.25, -0.2) is 4.79 Å². The Labute approximate surface area is 250 Å². The van der Waals surface area contributed by atoms with Crippen molar-refractivity contribution in [2.75, 3.05) is 13.1 Å². The lowest BCUT2D eigenvalue weighted by Crippen LogP contribution is -2.40. The summed E-state index contributed by atoms with van der Waals surface area (Å²) in [6.07, 6.45) is -2.98. The van der Waals surface area contributed by atoms with E-state index < -0.39 is 17.9 Å². The first kappa shape index (κ1) is 31.9. The number of hydrogen-bond acceptors (Lipinski definition) is 5. The number of alkyl halides is 3. The van der Waals surface area contributed by atoms with E-state index in [0.29, 0.717) is 30.3 Å². The Kier molecular flexibility index (Phi) is 10.0. The molecule has 43 heavy (non-hydrogen) atoms. The molecular formula is C34H38F3NO5. The molecule has 1 heterocycles. The highest BCUT2D eigenvalue weighted by Gasteiger charge is 2.33. The third kappa shape index (κ3) is 9.24. The topological polar surface area (TPSA) is 65.1 Å². The second-order valence-electron chi connectivity index (χ2n) is 11.7. The number of amides is 1. The zero-order valence-corrected chi connectivity index (χ0v) is 24.9. The van der Waals surface area contributed by atoms with Gasteiger partial charge < -0.3 is 19.1 Å². The van der Waals surface area contributed by atoms with Gasteiger partial charge >= 0.3 is 12.3 Å². The zero-order chi connectivity index (χ0) is 31.2. The average molecular weight is 598 g/mol. The summed E-state index contributed by atoms with van der Waals surface area (Å²) in [5.74, 6) is 0.144. The number of halogens is 3. The highest BCUT2D eigenvalue weighted by molar-refractivity contribution is 5.79. The molecule has 6 nitrogen and oxygen atoms in total. The molecule has 230 valence electrons. The molecule has 1 aliphatic heterocycles. The normalized spacial score (nSPS) is 15.7.